The third-order valence-corrected chi connectivity index (χ3v) is 5.31. The van der Waals surface area contributed by atoms with Crippen molar-refractivity contribution in [2.45, 2.75) is 47.0 Å². The SMILES string of the molecule is CCCSC(=O)c1c(CC)nc(-c2ccccc2)c(C(=O)OCC)c1CC. The predicted octanol–water partition coefficient (Wildman–Crippen LogP) is 5.33. The summed E-state index contributed by atoms with van der Waals surface area (Å²) in [5, 5.41) is -0.0109. The quantitative estimate of drug-likeness (QED) is 0.575. The van der Waals surface area contributed by atoms with E-state index in [1.54, 1.807) is 6.92 Å². The molecule has 2 rings (SSSR count). The van der Waals surface area contributed by atoms with Crippen molar-refractivity contribution in [2.75, 3.05) is 12.4 Å². The van der Waals surface area contributed by atoms with Gasteiger partial charge in [0.15, 0.2) is 0 Å². The van der Waals surface area contributed by atoms with E-state index in [4.69, 9.17) is 9.72 Å². The smallest absolute Gasteiger partial charge is 0.340 e. The zero-order valence-corrected chi connectivity index (χ0v) is 17.3. The Morgan fingerprint density at radius 3 is 2.26 bits per heavy atom. The monoisotopic (exact) mass is 385 g/mol. The maximum Gasteiger partial charge on any atom is 0.340 e. The third-order valence-electron chi connectivity index (χ3n) is 4.23. The summed E-state index contributed by atoms with van der Waals surface area (Å²) in [5.41, 5.74) is 3.94. The second-order valence-electron chi connectivity index (χ2n) is 6.07. The Hall–Kier alpha value is -2.14. The molecule has 0 bridgehead atoms. The van der Waals surface area contributed by atoms with Gasteiger partial charge in [0.2, 0.25) is 5.12 Å². The van der Waals surface area contributed by atoms with Crippen LogP contribution in [0.5, 0.6) is 0 Å². The normalized spacial score (nSPS) is 10.7. The number of ether oxygens (including phenoxy) is 1. The Morgan fingerprint density at radius 2 is 1.70 bits per heavy atom. The standard InChI is InChI=1S/C22H27NO3S/c1-5-14-27-22(25)18-16(6-2)19(21(24)26-8-4)20(23-17(18)7-3)15-12-10-9-11-13-15/h9-13H,5-8,14H2,1-4H3. The van der Waals surface area contributed by atoms with Gasteiger partial charge in [-0.1, -0.05) is 62.9 Å². The van der Waals surface area contributed by atoms with Gasteiger partial charge in [0, 0.05) is 11.3 Å². The first kappa shape index (κ1) is 21.2. The molecule has 1 aromatic carbocycles. The third kappa shape index (κ3) is 4.78. The highest BCUT2D eigenvalue weighted by atomic mass is 32.2. The molecule has 1 heterocycles. The molecule has 0 unspecified atom stereocenters. The largest absolute Gasteiger partial charge is 0.462 e. The Morgan fingerprint density at radius 1 is 1.00 bits per heavy atom. The number of benzene rings is 1. The van der Waals surface area contributed by atoms with Crippen LogP contribution in [0.1, 0.15) is 66.1 Å². The van der Waals surface area contributed by atoms with E-state index in [-0.39, 0.29) is 11.7 Å². The van der Waals surface area contributed by atoms with E-state index in [0.717, 1.165) is 29.0 Å². The average molecular weight is 386 g/mol. The molecule has 4 nitrogen and oxygen atoms in total. The van der Waals surface area contributed by atoms with E-state index < -0.39 is 5.97 Å². The lowest BCUT2D eigenvalue weighted by molar-refractivity contribution is 0.0525. The summed E-state index contributed by atoms with van der Waals surface area (Å²) in [5.74, 6) is 0.332. The predicted molar refractivity (Wildman–Crippen MR) is 111 cm³/mol. The molecule has 0 radical (unpaired) electrons. The number of thioether (sulfide) groups is 1. The van der Waals surface area contributed by atoms with Crippen molar-refractivity contribution < 1.29 is 14.3 Å². The van der Waals surface area contributed by atoms with Crippen LogP contribution in [0.15, 0.2) is 30.3 Å². The zero-order valence-electron chi connectivity index (χ0n) is 16.5. The van der Waals surface area contributed by atoms with Crippen molar-refractivity contribution in [2.24, 2.45) is 0 Å². The fourth-order valence-electron chi connectivity index (χ4n) is 3.03. The van der Waals surface area contributed by atoms with Gasteiger partial charge in [-0.05, 0) is 31.7 Å². The highest BCUT2D eigenvalue weighted by Gasteiger charge is 2.27. The Bertz CT molecular complexity index is 803. The maximum absolute atomic E-state index is 12.9. The van der Waals surface area contributed by atoms with Gasteiger partial charge in [-0.3, -0.25) is 9.78 Å². The molecule has 5 heteroatoms. The fraction of sp³-hybridized carbons (Fsp3) is 0.409. The maximum atomic E-state index is 12.9. The molecule has 0 aliphatic heterocycles. The minimum atomic E-state index is -0.419. The molecule has 0 N–H and O–H groups in total. The lowest BCUT2D eigenvalue weighted by atomic mass is 9.93. The van der Waals surface area contributed by atoms with Crippen molar-refractivity contribution in [1.29, 1.82) is 0 Å². The molecule has 144 valence electrons. The number of esters is 1. The van der Waals surface area contributed by atoms with Crippen molar-refractivity contribution in [1.82, 2.24) is 4.98 Å². The van der Waals surface area contributed by atoms with Crippen molar-refractivity contribution in [3.63, 3.8) is 0 Å². The van der Waals surface area contributed by atoms with Gasteiger partial charge in [0.25, 0.3) is 0 Å². The van der Waals surface area contributed by atoms with Crippen LogP contribution in [-0.2, 0) is 17.6 Å². The van der Waals surface area contributed by atoms with Crippen LogP contribution in [0.4, 0.5) is 0 Å². The number of pyridine rings is 1. The van der Waals surface area contributed by atoms with Gasteiger partial charge in [-0.25, -0.2) is 4.79 Å². The number of rotatable bonds is 8. The molecule has 2 aromatic rings. The lowest BCUT2D eigenvalue weighted by Gasteiger charge is -2.19. The molecule has 0 atom stereocenters. The number of carbonyl (C=O) groups excluding carboxylic acids is 2. The van der Waals surface area contributed by atoms with Crippen LogP contribution in [0.25, 0.3) is 11.3 Å². The number of nitrogens with zero attached hydrogens (tertiary/aromatic N) is 1. The highest BCUT2D eigenvalue weighted by Crippen LogP contribution is 2.32. The molecule has 0 saturated carbocycles. The van der Waals surface area contributed by atoms with Crippen molar-refractivity contribution in [3.05, 3.63) is 52.7 Å². The van der Waals surface area contributed by atoms with E-state index in [0.29, 0.717) is 29.7 Å². The molecular formula is C22H27NO3S. The number of carbonyl (C=O) groups is 2. The molecule has 0 spiro atoms. The van der Waals surface area contributed by atoms with Crippen LogP contribution in [0, 0.1) is 0 Å². The Balaban J connectivity index is 2.78. The Kier molecular flexibility index (Phi) is 8.04. The van der Waals surface area contributed by atoms with Crippen LogP contribution in [0.3, 0.4) is 0 Å². The Labute approximate surface area is 165 Å². The lowest BCUT2D eigenvalue weighted by Crippen LogP contribution is -2.17. The molecule has 0 fully saturated rings. The van der Waals surface area contributed by atoms with Gasteiger partial charge in [0.05, 0.1) is 29.1 Å². The first-order valence-corrected chi connectivity index (χ1v) is 10.5. The van der Waals surface area contributed by atoms with Crippen molar-refractivity contribution in [3.8, 4) is 11.3 Å². The summed E-state index contributed by atoms with van der Waals surface area (Å²) in [7, 11) is 0. The molecular weight excluding hydrogens is 358 g/mol. The zero-order chi connectivity index (χ0) is 19.8. The first-order chi connectivity index (χ1) is 13.1. The van der Waals surface area contributed by atoms with E-state index >= 15 is 0 Å². The number of aryl methyl sites for hydroxylation is 1. The van der Waals surface area contributed by atoms with Gasteiger partial charge >= 0.3 is 5.97 Å². The average Bonchev–Trinajstić information content (AvgIpc) is 2.70. The minimum absolute atomic E-state index is 0.0109. The van der Waals surface area contributed by atoms with Gasteiger partial charge in [-0.2, -0.15) is 0 Å². The summed E-state index contributed by atoms with van der Waals surface area (Å²) >= 11 is 1.29. The summed E-state index contributed by atoms with van der Waals surface area (Å²) in [6, 6.07) is 9.61. The molecule has 27 heavy (non-hydrogen) atoms. The first-order valence-electron chi connectivity index (χ1n) is 9.54. The number of hydrogen-bond acceptors (Lipinski definition) is 5. The van der Waals surface area contributed by atoms with Crippen LogP contribution >= 0.6 is 11.8 Å². The van der Waals surface area contributed by atoms with E-state index in [1.807, 2.05) is 51.1 Å². The molecule has 0 aliphatic carbocycles. The van der Waals surface area contributed by atoms with E-state index in [9.17, 15) is 9.59 Å². The summed E-state index contributed by atoms with van der Waals surface area (Å²) < 4.78 is 5.32. The van der Waals surface area contributed by atoms with Crippen LogP contribution < -0.4 is 0 Å². The van der Waals surface area contributed by atoms with E-state index in [1.165, 1.54) is 11.8 Å². The van der Waals surface area contributed by atoms with Crippen LogP contribution in [-0.4, -0.2) is 28.4 Å². The summed E-state index contributed by atoms with van der Waals surface area (Å²) in [4.78, 5) is 30.5. The summed E-state index contributed by atoms with van der Waals surface area (Å²) in [6.07, 6.45) is 2.11. The van der Waals surface area contributed by atoms with Gasteiger partial charge < -0.3 is 4.74 Å². The summed E-state index contributed by atoms with van der Waals surface area (Å²) in [6.45, 7) is 8.06. The second-order valence-corrected chi connectivity index (χ2v) is 7.13. The molecule has 1 aromatic heterocycles. The fourth-order valence-corrected chi connectivity index (χ4v) is 3.81. The molecule has 0 aliphatic rings. The molecule has 0 saturated heterocycles. The molecule has 0 amide bonds. The van der Waals surface area contributed by atoms with Crippen LogP contribution in [0.2, 0.25) is 0 Å². The second kappa shape index (κ2) is 10.3. The highest BCUT2D eigenvalue weighted by molar-refractivity contribution is 8.14. The van der Waals surface area contributed by atoms with Gasteiger partial charge in [0.1, 0.15) is 0 Å². The minimum Gasteiger partial charge on any atom is -0.462 e. The van der Waals surface area contributed by atoms with E-state index in [2.05, 4.69) is 0 Å². The van der Waals surface area contributed by atoms with Crippen molar-refractivity contribution >= 4 is 22.8 Å². The number of aromatic nitrogens is 1. The van der Waals surface area contributed by atoms with Gasteiger partial charge in [-0.15, -0.1) is 0 Å². The topological polar surface area (TPSA) is 56.3 Å². The number of hydrogen-bond donors (Lipinski definition) is 0.